The number of halogens is 2. The van der Waals surface area contributed by atoms with Gasteiger partial charge < -0.3 is 15.0 Å². The zero-order valence-corrected chi connectivity index (χ0v) is 22.6. The van der Waals surface area contributed by atoms with E-state index in [1.807, 2.05) is 48.5 Å². The number of aromatic nitrogens is 2. The van der Waals surface area contributed by atoms with Crippen molar-refractivity contribution in [3.63, 3.8) is 0 Å². The molecule has 0 fully saturated rings. The van der Waals surface area contributed by atoms with Crippen molar-refractivity contribution in [1.29, 1.82) is 5.41 Å². The summed E-state index contributed by atoms with van der Waals surface area (Å²) >= 11 is 10.1. The normalized spacial score (nSPS) is 11.1. The monoisotopic (exact) mass is 564 g/mol. The first-order chi connectivity index (χ1) is 17.5. The number of rotatable bonds is 11. The largest absolute Gasteiger partial charge is 0.384 e. The van der Waals surface area contributed by atoms with Crippen molar-refractivity contribution in [3.8, 4) is 11.1 Å². The van der Waals surface area contributed by atoms with Gasteiger partial charge in [0.25, 0.3) is 0 Å². The van der Waals surface area contributed by atoms with E-state index in [4.69, 9.17) is 27.5 Å². The Bertz CT molecular complexity index is 1320. The quantitative estimate of drug-likeness (QED) is 0.147. The molecule has 4 rings (SSSR count). The maximum Gasteiger partial charge on any atom is 0.153 e. The minimum absolute atomic E-state index is 0.0658. The van der Waals surface area contributed by atoms with Crippen LogP contribution in [0, 0.1) is 5.41 Å². The van der Waals surface area contributed by atoms with Gasteiger partial charge in [0.05, 0.1) is 18.9 Å². The minimum atomic E-state index is 0.0658. The fourth-order valence-corrected chi connectivity index (χ4v) is 4.66. The molecule has 7 heteroatoms. The second-order valence-corrected chi connectivity index (χ2v) is 10.0. The van der Waals surface area contributed by atoms with Gasteiger partial charge in [-0.05, 0) is 40.8 Å². The molecule has 0 amide bonds. The van der Waals surface area contributed by atoms with Gasteiger partial charge in [-0.15, -0.1) is 0 Å². The van der Waals surface area contributed by atoms with Crippen LogP contribution in [0.3, 0.4) is 0 Å². The number of ether oxygens (including phenoxy) is 1. The minimum Gasteiger partial charge on any atom is -0.384 e. The van der Waals surface area contributed by atoms with Crippen LogP contribution in [0.4, 0.5) is 0 Å². The van der Waals surface area contributed by atoms with Crippen LogP contribution in [-0.2, 0) is 30.9 Å². The van der Waals surface area contributed by atoms with Gasteiger partial charge in [-0.1, -0.05) is 102 Å². The van der Waals surface area contributed by atoms with Crippen LogP contribution >= 0.6 is 27.5 Å². The molecule has 0 unspecified atom stereocenters. The molecule has 0 aliphatic carbocycles. The molecule has 0 aliphatic heterocycles. The van der Waals surface area contributed by atoms with Crippen LogP contribution in [0.25, 0.3) is 11.1 Å². The highest BCUT2D eigenvalue weighted by Gasteiger charge is 2.17. The predicted octanol–water partition coefficient (Wildman–Crippen LogP) is 7.36. The average molecular weight is 566 g/mol. The molecule has 0 spiro atoms. The Kier molecular flexibility index (Phi) is 8.97. The van der Waals surface area contributed by atoms with Gasteiger partial charge in [-0.25, -0.2) is 4.98 Å². The van der Waals surface area contributed by atoms with Crippen LogP contribution in [0.1, 0.15) is 48.0 Å². The van der Waals surface area contributed by atoms with Crippen LogP contribution in [-0.4, -0.2) is 15.4 Å². The lowest BCUT2D eigenvalue weighted by Gasteiger charge is -2.14. The maximum absolute atomic E-state index is 7.88. The number of aryl methyl sites for hydroxylation is 1. The molecule has 3 aromatic carbocycles. The summed E-state index contributed by atoms with van der Waals surface area (Å²) in [7, 11) is 0. The van der Waals surface area contributed by atoms with E-state index < -0.39 is 0 Å². The molecule has 1 aromatic heterocycles. The molecule has 4 aromatic rings. The van der Waals surface area contributed by atoms with Gasteiger partial charge in [0, 0.05) is 23.0 Å². The van der Waals surface area contributed by atoms with Crippen molar-refractivity contribution in [3.05, 3.63) is 111 Å². The summed E-state index contributed by atoms with van der Waals surface area (Å²) in [5, 5.41) is 8.39. The molecule has 0 saturated carbocycles. The molecule has 0 aliphatic rings. The highest BCUT2D eigenvalue weighted by Crippen LogP contribution is 2.26. The third-order valence-electron chi connectivity index (χ3n) is 6.10. The Hall–Kier alpha value is -2.93. The number of hydrogen-bond acceptors (Lipinski definition) is 3. The van der Waals surface area contributed by atoms with E-state index in [9.17, 15) is 0 Å². The maximum atomic E-state index is 7.88. The number of amidine groups is 1. The molecular weight excluding hydrogens is 536 g/mol. The summed E-state index contributed by atoms with van der Waals surface area (Å²) in [6.07, 6.45) is 3.00. The Morgan fingerprint density at radius 3 is 2.39 bits per heavy atom. The summed E-state index contributed by atoms with van der Waals surface area (Å²) in [4.78, 5) is 4.68. The van der Waals surface area contributed by atoms with E-state index in [2.05, 4.69) is 56.7 Å². The SMILES string of the molecule is CCCCc1nc(Cl)c(COCc2ccc(Br)cc2)n1Cc1ccc(-c2ccccc2C(=N)N)cc1. The second-order valence-electron chi connectivity index (χ2n) is 8.73. The van der Waals surface area contributed by atoms with Crippen LogP contribution in [0.2, 0.25) is 5.15 Å². The van der Waals surface area contributed by atoms with Crippen LogP contribution in [0.15, 0.2) is 77.3 Å². The van der Waals surface area contributed by atoms with Crippen molar-refractivity contribution >= 4 is 33.4 Å². The molecule has 0 radical (unpaired) electrons. The highest BCUT2D eigenvalue weighted by molar-refractivity contribution is 9.10. The van der Waals surface area contributed by atoms with Crippen molar-refractivity contribution in [2.45, 2.75) is 45.9 Å². The predicted molar refractivity (Wildman–Crippen MR) is 150 cm³/mol. The van der Waals surface area contributed by atoms with Crippen molar-refractivity contribution in [2.24, 2.45) is 5.73 Å². The topological polar surface area (TPSA) is 76.9 Å². The van der Waals surface area contributed by atoms with E-state index in [1.54, 1.807) is 0 Å². The van der Waals surface area contributed by atoms with Gasteiger partial charge >= 0.3 is 0 Å². The third kappa shape index (κ3) is 6.44. The lowest BCUT2D eigenvalue weighted by atomic mass is 9.98. The summed E-state index contributed by atoms with van der Waals surface area (Å²) < 4.78 is 9.28. The zero-order valence-electron chi connectivity index (χ0n) is 20.3. The summed E-state index contributed by atoms with van der Waals surface area (Å²) in [5.41, 5.74) is 11.6. The van der Waals surface area contributed by atoms with Crippen LogP contribution < -0.4 is 5.73 Å². The number of nitrogens with zero attached hydrogens (tertiary/aromatic N) is 2. The van der Waals surface area contributed by atoms with E-state index in [1.165, 1.54) is 0 Å². The molecular formula is C29H30BrClN4O. The van der Waals surface area contributed by atoms with Gasteiger partial charge in [0.1, 0.15) is 11.7 Å². The first kappa shape index (κ1) is 26.1. The van der Waals surface area contributed by atoms with E-state index in [0.29, 0.717) is 24.9 Å². The number of nitrogen functional groups attached to an aromatic ring is 1. The van der Waals surface area contributed by atoms with Crippen LogP contribution in [0.5, 0.6) is 0 Å². The summed E-state index contributed by atoms with van der Waals surface area (Å²) in [6.45, 7) is 3.72. The van der Waals surface area contributed by atoms with Gasteiger partial charge in [0.15, 0.2) is 5.15 Å². The van der Waals surface area contributed by atoms with Gasteiger partial charge in [-0.3, -0.25) is 5.41 Å². The number of benzene rings is 3. The number of nitrogens with one attached hydrogen (secondary N) is 1. The van der Waals surface area contributed by atoms with E-state index >= 15 is 0 Å². The number of hydrogen-bond donors (Lipinski definition) is 2. The lowest BCUT2D eigenvalue weighted by Crippen LogP contribution is -2.12. The summed E-state index contributed by atoms with van der Waals surface area (Å²) in [5.74, 6) is 1.05. The number of imidazole rings is 1. The van der Waals surface area contributed by atoms with E-state index in [-0.39, 0.29) is 5.84 Å². The molecule has 0 bridgehead atoms. The van der Waals surface area contributed by atoms with Crippen molar-refractivity contribution in [1.82, 2.24) is 9.55 Å². The Labute approximate surface area is 225 Å². The average Bonchev–Trinajstić information content (AvgIpc) is 3.18. The number of nitrogens with two attached hydrogens (primary N) is 1. The fourth-order valence-electron chi connectivity index (χ4n) is 4.14. The lowest BCUT2D eigenvalue weighted by molar-refractivity contribution is 0.102. The third-order valence-corrected chi connectivity index (χ3v) is 6.93. The Morgan fingerprint density at radius 2 is 1.69 bits per heavy atom. The standard InChI is InChI=1S/C29H30BrClN4O/c1-2-3-8-27-34-28(31)26(19-36-18-21-11-15-23(30)16-12-21)35(27)17-20-9-13-22(14-10-20)24-6-4-5-7-25(24)29(32)33/h4-7,9-16H,2-3,8,17-19H2,1H3,(H3,32,33). The van der Waals surface area contributed by atoms with Gasteiger partial charge in [-0.2, -0.15) is 0 Å². The molecule has 5 nitrogen and oxygen atoms in total. The Balaban J connectivity index is 1.54. The second kappa shape index (κ2) is 12.3. The number of unbranched alkanes of at least 4 members (excludes halogenated alkanes) is 1. The molecule has 186 valence electrons. The highest BCUT2D eigenvalue weighted by atomic mass is 79.9. The molecule has 0 saturated heterocycles. The van der Waals surface area contributed by atoms with Crippen molar-refractivity contribution < 1.29 is 4.74 Å². The molecule has 0 atom stereocenters. The summed E-state index contributed by atoms with van der Waals surface area (Å²) in [6, 6.07) is 24.2. The molecule has 3 N–H and O–H groups in total. The first-order valence-electron chi connectivity index (χ1n) is 12.0. The van der Waals surface area contributed by atoms with E-state index in [0.717, 1.165) is 63.1 Å². The fraction of sp³-hybridized carbons (Fsp3) is 0.241. The Morgan fingerprint density at radius 1 is 1.00 bits per heavy atom. The smallest absolute Gasteiger partial charge is 0.153 e. The first-order valence-corrected chi connectivity index (χ1v) is 13.2. The van der Waals surface area contributed by atoms with Gasteiger partial charge in [0.2, 0.25) is 0 Å². The van der Waals surface area contributed by atoms with Crippen molar-refractivity contribution in [2.75, 3.05) is 0 Å². The molecule has 36 heavy (non-hydrogen) atoms. The molecule has 1 heterocycles. The zero-order chi connectivity index (χ0) is 25.5.